The molecule has 1 fully saturated rings. The van der Waals surface area contributed by atoms with E-state index in [-0.39, 0.29) is 5.56 Å². The largest absolute Gasteiger partial charge is 0.478 e. The highest BCUT2D eigenvalue weighted by Gasteiger charge is 2.23. The maximum Gasteiger partial charge on any atom is 0.335 e. The molecular formula is C26H36N4O2. The summed E-state index contributed by atoms with van der Waals surface area (Å²) in [5, 5.41) is 12.7. The van der Waals surface area contributed by atoms with Crippen molar-refractivity contribution in [3.63, 3.8) is 0 Å². The summed E-state index contributed by atoms with van der Waals surface area (Å²) in [6, 6.07) is 15.9. The second-order valence-electron chi connectivity index (χ2n) is 9.14. The Kier molecular flexibility index (Phi) is 8.28. The molecule has 6 heteroatoms. The maximum atomic E-state index is 11.4. The number of benzene rings is 2. The Hall–Kier alpha value is -2.86. The van der Waals surface area contributed by atoms with Crippen LogP contribution >= 0.6 is 0 Å². The van der Waals surface area contributed by atoms with Gasteiger partial charge in [0.25, 0.3) is 0 Å². The van der Waals surface area contributed by atoms with E-state index in [4.69, 9.17) is 4.99 Å². The van der Waals surface area contributed by atoms with Gasteiger partial charge in [-0.25, -0.2) is 9.79 Å². The van der Waals surface area contributed by atoms with Crippen LogP contribution in [0.4, 0.5) is 5.69 Å². The number of hydrogen-bond acceptors (Lipinski definition) is 3. The molecule has 32 heavy (non-hydrogen) atoms. The van der Waals surface area contributed by atoms with Crippen LogP contribution in [-0.2, 0) is 6.54 Å². The predicted octanol–water partition coefficient (Wildman–Crippen LogP) is 4.71. The van der Waals surface area contributed by atoms with E-state index in [2.05, 4.69) is 67.1 Å². The summed E-state index contributed by atoms with van der Waals surface area (Å²) >= 11 is 0. The molecule has 0 radical (unpaired) electrons. The number of hydrogen-bond donors (Lipinski definition) is 2. The number of rotatable bonds is 7. The third-order valence-corrected chi connectivity index (χ3v) is 5.95. The maximum absolute atomic E-state index is 11.4. The first-order valence-corrected chi connectivity index (χ1v) is 11.5. The number of aliphatic imine (C=N–C) groups is 1. The zero-order valence-electron chi connectivity index (χ0n) is 19.7. The van der Waals surface area contributed by atoms with Crippen LogP contribution in [0, 0.1) is 12.8 Å². The van der Waals surface area contributed by atoms with Gasteiger partial charge in [0, 0.05) is 37.9 Å². The standard InChI is InChI=1S/C26H36N4O2/c1-19(2)16-21(4)29-12-14-30(15-13-29)26(27-18-22-10-8-20(3)9-11-22)28-24-7-5-6-23(17-24)25(31)32/h5-11,17,19,21H,12-16,18H2,1-4H3,(H,27,28)(H,31,32)/t21-/m1/s1. The highest BCUT2D eigenvalue weighted by atomic mass is 16.4. The number of nitrogens with zero attached hydrogens (tertiary/aromatic N) is 3. The molecule has 0 bridgehead atoms. The van der Waals surface area contributed by atoms with Crippen LogP contribution in [0.1, 0.15) is 48.7 Å². The van der Waals surface area contributed by atoms with Gasteiger partial charge in [-0.3, -0.25) is 4.90 Å². The Morgan fingerprint density at radius 2 is 1.75 bits per heavy atom. The molecule has 172 valence electrons. The topological polar surface area (TPSA) is 68.2 Å². The predicted molar refractivity (Wildman–Crippen MR) is 131 cm³/mol. The fraction of sp³-hybridized carbons (Fsp3) is 0.462. The van der Waals surface area contributed by atoms with Crippen molar-refractivity contribution in [1.29, 1.82) is 0 Å². The number of aryl methyl sites for hydroxylation is 1. The number of piperazine rings is 1. The molecule has 1 atom stereocenters. The molecule has 2 N–H and O–H groups in total. The van der Waals surface area contributed by atoms with Crippen LogP contribution in [0.15, 0.2) is 53.5 Å². The van der Waals surface area contributed by atoms with E-state index in [1.807, 2.05) is 6.07 Å². The van der Waals surface area contributed by atoms with Crippen LogP contribution in [0.2, 0.25) is 0 Å². The van der Waals surface area contributed by atoms with Crippen molar-refractivity contribution in [2.45, 2.75) is 46.7 Å². The van der Waals surface area contributed by atoms with Gasteiger partial charge in [-0.05, 0) is 49.9 Å². The van der Waals surface area contributed by atoms with Crippen LogP contribution in [-0.4, -0.2) is 59.1 Å². The van der Waals surface area contributed by atoms with Crippen molar-refractivity contribution in [1.82, 2.24) is 9.80 Å². The number of carboxylic acids is 1. The molecule has 2 aromatic carbocycles. The first-order chi connectivity index (χ1) is 15.3. The minimum Gasteiger partial charge on any atom is -0.478 e. The summed E-state index contributed by atoms with van der Waals surface area (Å²) in [6.07, 6.45) is 1.20. The first-order valence-electron chi connectivity index (χ1n) is 11.5. The van der Waals surface area contributed by atoms with E-state index in [9.17, 15) is 9.90 Å². The van der Waals surface area contributed by atoms with Crippen molar-refractivity contribution >= 4 is 17.6 Å². The monoisotopic (exact) mass is 436 g/mol. The van der Waals surface area contributed by atoms with E-state index in [0.717, 1.165) is 43.4 Å². The Balaban J connectivity index is 1.75. The van der Waals surface area contributed by atoms with Crippen molar-refractivity contribution in [3.8, 4) is 0 Å². The lowest BCUT2D eigenvalue weighted by Crippen LogP contribution is -2.53. The van der Waals surface area contributed by atoms with Crippen molar-refractivity contribution in [2.24, 2.45) is 10.9 Å². The van der Waals surface area contributed by atoms with Crippen LogP contribution in [0.25, 0.3) is 0 Å². The molecule has 2 aromatic rings. The number of guanidine groups is 1. The molecular weight excluding hydrogens is 400 g/mol. The SMILES string of the molecule is Cc1ccc(CN=C(Nc2cccc(C(=O)O)c2)N2CCN([C@H](C)CC(C)C)CC2)cc1. The second kappa shape index (κ2) is 11.1. The molecule has 6 nitrogen and oxygen atoms in total. The lowest BCUT2D eigenvalue weighted by atomic mass is 10.0. The van der Waals surface area contributed by atoms with Gasteiger partial charge in [-0.1, -0.05) is 49.7 Å². The van der Waals surface area contributed by atoms with Gasteiger partial charge < -0.3 is 15.3 Å². The number of carbonyl (C=O) groups is 1. The Labute approximate surface area is 192 Å². The summed E-state index contributed by atoms with van der Waals surface area (Å²) in [4.78, 5) is 21.1. The Morgan fingerprint density at radius 3 is 2.38 bits per heavy atom. The normalized spacial score (nSPS) is 16.3. The van der Waals surface area contributed by atoms with Gasteiger partial charge >= 0.3 is 5.97 Å². The fourth-order valence-electron chi connectivity index (χ4n) is 4.14. The quantitative estimate of drug-likeness (QED) is 0.486. The van der Waals surface area contributed by atoms with Crippen LogP contribution in [0.3, 0.4) is 0 Å². The highest BCUT2D eigenvalue weighted by Crippen LogP contribution is 2.17. The first kappa shape index (κ1) is 23.8. The fourth-order valence-corrected chi connectivity index (χ4v) is 4.14. The van der Waals surface area contributed by atoms with Gasteiger partial charge in [-0.15, -0.1) is 0 Å². The lowest BCUT2D eigenvalue weighted by molar-refractivity contribution is 0.0697. The molecule has 0 amide bonds. The third kappa shape index (κ3) is 6.82. The summed E-state index contributed by atoms with van der Waals surface area (Å²) in [6.45, 7) is 13.3. The zero-order chi connectivity index (χ0) is 23.1. The van der Waals surface area contributed by atoms with Crippen molar-refractivity contribution in [2.75, 3.05) is 31.5 Å². The number of nitrogens with one attached hydrogen (secondary N) is 1. The van der Waals surface area contributed by atoms with Crippen LogP contribution < -0.4 is 5.32 Å². The van der Waals surface area contributed by atoms with E-state index >= 15 is 0 Å². The van der Waals surface area contributed by atoms with E-state index in [1.54, 1.807) is 18.2 Å². The van der Waals surface area contributed by atoms with Gasteiger partial charge in [0.05, 0.1) is 12.1 Å². The van der Waals surface area contributed by atoms with Crippen LogP contribution in [0.5, 0.6) is 0 Å². The molecule has 3 rings (SSSR count). The molecule has 1 aliphatic rings. The molecule has 0 spiro atoms. The molecule has 1 aliphatic heterocycles. The Bertz CT molecular complexity index is 916. The minimum absolute atomic E-state index is 0.264. The lowest BCUT2D eigenvalue weighted by Gasteiger charge is -2.40. The summed E-state index contributed by atoms with van der Waals surface area (Å²) in [5.74, 6) is 0.557. The van der Waals surface area contributed by atoms with Gasteiger partial charge in [-0.2, -0.15) is 0 Å². The zero-order valence-corrected chi connectivity index (χ0v) is 19.7. The summed E-state index contributed by atoms with van der Waals surface area (Å²) in [7, 11) is 0. The molecule has 1 saturated heterocycles. The van der Waals surface area contributed by atoms with E-state index in [0.29, 0.717) is 18.5 Å². The second-order valence-corrected chi connectivity index (χ2v) is 9.14. The number of carboxylic acid groups (broad SMARTS) is 1. The molecule has 0 aliphatic carbocycles. The number of aromatic carboxylic acids is 1. The molecule has 0 saturated carbocycles. The molecule has 0 unspecified atom stereocenters. The van der Waals surface area contributed by atoms with Gasteiger partial charge in [0.15, 0.2) is 5.96 Å². The van der Waals surface area contributed by atoms with Gasteiger partial charge in [0.2, 0.25) is 0 Å². The average molecular weight is 437 g/mol. The van der Waals surface area contributed by atoms with Gasteiger partial charge in [0.1, 0.15) is 0 Å². The molecule has 1 heterocycles. The average Bonchev–Trinajstić information content (AvgIpc) is 2.77. The smallest absolute Gasteiger partial charge is 0.335 e. The minimum atomic E-state index is -0.931. The van der Waals surface area contributed by atoms with E-state index < -0.39 is 5.97 Å². The molecule has 0 aromatic heterocycles. The third-order valence-electron chi connectivity index (χ3n) is 5.95. The van der Waals surface area contributed by atoms with E-state index in [1.165, 1.54) is 12.0 Å². The summed E-state index contributed by atoms with van der Waals surface area (Å²) < 4.78 is 0. The number of anilines is 1. The summed E-state index contributed by atoms with van der Waals surface area (Å²) in [5.41, 5.74) is 3.38. The van der Waals surface area contributed by atoms with Crippen molar-refractivity contribution in [3.05, 3.63) is 65.2 Å². The van der Waals surface area contributed by atoms with Crippen molar-refractivity contribution < 1.29 is 9.90 Å². The highest BCUT2D eigenvalue weighted by molar-refractivity contribution is 5.95. The Morgan fingerprint density at radius 1 is 1.06 bits per heavy atom.